The summed E-state index contributed by atoms with van der Waals surface area (Å²) in [7, 11) is 2.89. The van der Waals surface area contributed by atoms with E-state index in [0.29, 0.717) is 18.1 Å². The van der Waals surface area contributed by atoms with Gasteiger partial charge in [-0.2, -0.15) is 5.26 Å². The molecule has 1 atom stereocenters. The van der Waals surface area contributed by atoms with Crippen molar-refractivity contribution in [2.75, 3.05) is 33.9 Å². The number of hydrogen-bond acceptors (Lipinski definition) is 5. The van der Waals surface area contributed by atoms with E-state index >= 15 is 0 Å². The van der Waals surface area contributed by atoms with Gasteiger partial charge in [-0.25, -0.2) is 9.59 Å². The molecule has 2 aromatic rings. The van der Waals surface area contributed by atoms with E-state index in [0.717, 1.165) is 31.5 Å². The number of carboxylic acid groups (broad SMARTS) is 1. The smallest absolute Gasteiger partial charge is 0.326 e. The monoisotopic (exact) mass is 494 g/mol. The number of benzene rings is 2. The number of methoxy groups -OCH3 is 1. The van der Waals surface area contributed by atoms with E-state index in [9.17, 15) is 14.4 Å². The minimum absolute atomic E-state index is 0.128. The Labute approximate surface area is 212 Å². The van der Waals surface area contributed by atoms with Crippen LogP contribution in [0.15, 0.2) is 48.5 Å². The molecule has 1 aliphatic rings. The Morgan fingerprint density at radius 2 is 1.72 bits per heavy atom. The van der Waals surface area contributed by atoms with Gasteiger partial charge in [0.15, 0.2) is 0 Å². The number of urea groups is 1. The SMILES string of the molecule is CNC(=O)NC(CCOC)C(=O)O.Cc1ccc(C(=O)N2CCC(c3ccc(C#N)cc3)CC2)cc1. The van der Waals surface area contributed by atoms with Crippen molar-refractivity contribution in [1.29, 1.82) is 5.26 Å². The van der Waals surface area contributed by atoms with E-state index in [1.54, 1.807) is 0 Å². The number of nitriles is 1. The third-order valence-electron chi connectivity index (χ3n) is 6.03. The van der Waals surface area contributed by atoms with Crippen LogP contribution < -0.4 is 10.6 Å². The first-order valence-electron chi connectivity index (χ1n) is 11.8. The summed E-state index contributed by atoms with van der Waals surface area (Å²) in [6.45, 7) is 3.90. The predicted molar refractivity (Wildman–Crippen MR) is 136 cm³/mol. The van der Waals surface area contributed by atoms with Crippen LogP contribution in [0, 0.1) is 18.3 Å². The fourth-order valence-electron chi connectivity index (χ4n) is 3.85. The first kappa shape index (κ1) is 28.3. The molecule has 3 rings (SSSR count). The van der Waals surface area contributed by atoms with Crippen LogP contribution in [-0.2, 0) is 9.53 Å². The normalized spacial score (nSPS) is 14.0. The quantitative estimate of drug-likeness (QED) is 0.541. The van der Waals surface area contributed by atoms with Crippen LogP contribution in [-0.4, -0.2) is 67.8 Å². The van der Waals surface area contributed by atoms with E-state index in [2.05, 4.69) is 16.7 Å². The molecule has 1 unspecified atom stereocenters. The maximum absolute atomic E-state index is 12.5. The van der Waals surface area contributed by atoms with E-state index in [1.807, 2.05) is 60.4 Å². The molecule has 0 bridgehead atoms. The zero-order valence-electron chi connectivity index (χ0n) is 21.0. The van der Waals surface area contributed by atoms with Gasteiger partial charge in [0.25, 0.3) is 5.91 Å². The van der Waals surface area contributed by atoms with Crippen LogP contribution in [0.5, 0.6) is 0 Å². The molecule has 2 aromatic carbocycles. The molecule has 3 amide bonds. The number of amides is 3. The van der Waals surface area contributed by atoms with Crippen molar-refractivity contribution in [2.24, 2.45) is 0 Å². The summed E-state index contributed by atoms with van der Waals surface area (Å²) in [5.74, 6) is -0.464. The van der Waals surface area contributed by atoms with Gasteiger partial charge in [0.2, 0.25) is 0 Å². The molecule has 3 N–H and O–H groups in total. The maximum atomic E-state index is 12.5. The molecule has 1 heterocycles. The van der Waals surface area contributed by atoms with Crippen molar-refractivity contribution in [3.05, 3.63) is 70.8 Å². The first-order valence-corrected chi connectivity index (χ1v) is 11.8. The minimum Gasteiger partial charge on any atom is -0.480 e. The number of rotatable bonds is 7. The van der Waals surface area contributed by atoms with Crippen molar-refractivity contribution in [3.8, 4) is 6.07 Å². The maximum Gasteiger partial charge on any atom is 0.326 e. The molecule has 0 saturated carbocycles. The Balaban J connectivity index is 0.000000302. The third-order valence-corrected chi connectivity index (χ3v) is 6.03. The Morgan fingerprint density at radius 3 is 2.22 bits per heavy atom. The van der Waals surface area contributed by atoms with Crippen molar-refractivity contribution in [1.82, 2.24) is 15.5 Å². The van der Waals surface area contributed by atoms with Crippen molar-refractivity contribution in [2.45, 2.75) is 38.1 Å². The molecule has 0 aliphatic carbocycles. The summed E-state index contributed by atoms with van der Waals surface area (Å²) in [6.07, 6.45) is 2.20. The second kappa shape index (κ2) is 14.5. The van der Waals surface area contributed by atoms with E-state index in [-0.39, 0.29) is 12.3 Å². The van der Waals surface area contributed by atoms with E-state index < -0.39 is 18.0 Å². The summed E-state index contributed by atoms with van der Waals surface area (Å²) >= 11 is 0. The number of aliphatic carboxylic acids is 1. The second-order valence-corrected chi connectivity index (χ2v) is 8.56. The number of carbonyl (C=O) groups excluding carboxylic acids is 2. The van der Waals surface area contributed by atoms with Gasteiger partial charge in [-0.1, -0.05) is 29.8 Å². The highest BCUT2D eigenvalue weighted by molar-refractivity contribution is 5.94. The Morgan fingerprint density at radius 1 is 1.11 bits per heavy atom. The number of hydrogen-bond donors (Lipinski definition) is 3. The largest absolute Gasteiger partial charge is 0.480 e. The number of piperidine rings is 1. The van der Waals surface area contributed by atoms with Gasteiger partial charge in [-0.05, 0) is 55.5 Å². The van der Waals surface area contributed by atoms with Crippen LogP contribution >= 0.6 is 0 Å². The van der Waals surface area contributed by atoms with Gasteiger partial charge in [0, 0.05) is 45.8 Å². The fraction of sp³-hybridized carbons (Fsp3) is 0.407. The highest BCUT2D eigenvalue weighted by Gasteiger charge is 2.24. The second-order valence-electron chi connectivity index (χ2n) is 8.56. The van der Waals surface area contributed by atoms with Crippen molar-refractivity contribution in [3.63, 3.8) is 0 Å². The van der Waals surface area contributed by atoms with E-state index in [1.165, 1.54) is 25.3 Å². The Hall–Kier alpha value is -3.90. The number of carbonyl (C=O) groups is 3. The Bertz CT molecular complexity index is 1040. The number of nitrogens with one attached hydrogen (secondary N) is 2. The average Bonchev–Trinajstić information content (AvgIpc) is 2.91. The topological polar surface area (TPSA) is 132 Å². The third kappa shape index (κ3) is 8.71. The summed E-state index contributed by atoms with van der Waals surface area (Å²) in [4.78, 5) is 35.8. The minimum atomic E-state index is -1.07. The van der Waals surface area contributed by atoms with Gasteiger partial charge in [-0.15, -0.1) is 0 Å². The number of nitrogens with zero attached hydrogens (tertiary/aromatic N) is 2. The first-order chi connectivity index (χ1) is 17.3. The van der Waals surface area contributed by atoms with Crippen molar-refractivity contribution >= 4 is 17.9 Å². The highest BCUT2D eigenvalue weighted by atomic mass is 16.5. The summed E-state index contributed by atoms with van der Waals surface area (Å²) < 4.78 is 4.70. The molecule has 0 spiro atoms. The molecule has 1 saturated heterocycles. The molecular weight excluding hydrogens is 460 g/mol. The molecule has 0 aromatic heterocycles. The van der Waals surface area contributed by atoms with Crippen LogP contribution in [0.4, 0.5) is 4.79 Å². The van der Waals surface area contributed by atoms with Gasteiger partial charge in [0.1, 0.15) is 6.04 Å². The van der Waals surface area contributed by atoms with Gasteiger partial charge in [-0.3, -0.25) is 4.79 Å². The van der Waals surface area contributed by atoms with Crippen molar-refractivity contribution < 1.29 is 24.2 Å². The Kier molecular flexibility index (Phi) is 11.4. The molecule has 9 nitrogen and oxygen atoms in total. The molecule has 1 fully saturated rings. The summed E-state index contributed by atoms with van der Waals surface area (Å²) in [5.41, 5.74) is 3.90. The molecule has 9 heteroatoms. The number of aryl methyl sites for hydroxylation is 1. The number of ether oxygens (including phenoxy) is 1. The summed E-state index contributed by atoms with van der Waals surface area (Å²) in [5, 5.41) is 22.1. The molecule has 1 aliphatic heterocycles. The predicted octanol–water partition coefficient (Wildman–Crippen LogP) is 3.29. The molecule has 192 valence electrons. The highest BCUT2D eigenvalue weighted by Crippen LogP contribution is 2.28. The van der Waals surface area contributed by atoms with Crippen LogP contribution in [0.3, 0.4) is 0 Å². The summed E-state index contributed by atoms with van der Waals surface area (Å²) in [6, 6.07) is 16.3. The molecule has 0 radical (unpaired) electrons. The standard InChI is InChI=1S/C20H20N2O.C7H14N2O4/c1-15-2-6-19(7-3-15)20(23)22-12-10-18(11-13-22)17-8-4-16(14-21)5-9-17;1-8-7(12)9-5(6(10)11)3-4-13-2/h2-9,18H,10-13H2,1H3;5H,3-4H2,1-2H3,(H,10,11)(H2,8,9,12). The zero-order chi connectivity index (χ0) is 26.5. The lowest BCUT2D eigenvalue weighted by atomic mass is 9.89. The number of likely N-dealkylation sites (tertiary alicyclic amines) is 1. The molecule has 36 heavy (non-hydrogen) atoms. The van der Waals surface area contributed by atoms with Gasteiger partial charge < -0.3 is 25.4 Å². The average molecular weight is 495 g/mol. The zero-order valence-corrected chi connectivity index (χ0v) is 21.0. The van der Waals surface area contributed by atoms with Crippen LogP contribution in [0.25, 0.3) is 0 Å². The van der Waals surface area contributed by atoms with Crippen LogP contribution in [0.1, 0.15) is 52.2 Å². The van der Waals surface area contributed by atoms with E-state index in [4.69, 9.17) is 15.1 Å². The van der Waals surface area contributed by atoms with Gasteiger partial charge >= 0.3 is 12.0 Å². The van der Waals surface area contributed by atoms with Gasteiger partial charge in [0.05, 0.1) is 11.6 Å². The molecular formula is C27H34N4O5. The lowest BCUT2D eigenvalue weighted by Gasteiger charge is -2.32. The fourth-order valence-corrected chi connectivity index (χ4v) is 3.85. The lowest BCUT2D eigenvalue weighted by Crippen LogP contribution is -2.45. The lowest BCUT2D eigenvalue weighted by molar-refractivity contribution is -0.139. The number of carboxylic acids is 1. The van der Waals surface area contributed by atoms with Crippen LogP contribution in [0.2, 0.25) is 0 Å².